The molecule has 8 nitrogen and oxygen atoms in total. The van der Waals surface area contributed by atoms with Crippen molar-refractivity contribution in [2.45, 2.75) is 38.6 Å². The second-order valence-electron chi connectivity index (χ2n) is 9.72. The maximum Gasteiger partial charge on any atom is 0.273 e. The van der Waals surface area contributed by atoms with E-state index in [9.17, 15) is 9.59 Å². The van der Waals surface area contributed by atoms with E-state index < -0.39 is 0 Å². The minimum absolute atomic E-state index is 0.0529. The van der Waals surface area contributed by atoms with E-state index >= 15 is 0 Å². The fraction of sp³-hybridized carbons (Fsp3) is 0.429. The lowest BCUT2D eigenvalue weighted by molar-refractivity contribution is -0.133. The van der Waals surface area contributed by atoms with Crippen molar-refractivity contribution in [2.24, 2.45) is 5.92 Å². The van der Waals surface area contributed by atoms with Gasteiger partial charge in [0, 0.05) is 51.1 Å². The molecule has 2 aromatic carbocycles. The van der Waals surface area contributed by atoms with Crippen molar-refractivity contribution in [1.29, 1.82) is 0 Å². The molecule has 1 N–H and O–H groups in total. The molecule has 0 bridgehead atoms. The van der Waals surface area contributed by atoms with Gasteiger partial charge in [0.25, 0.3) is 5.56 Å². The largest absolute Gasteiger partial charge is 0.493 e. The van der Waals surface area contributed by atoms with Crippen LogP contribution in [0.4, 0.5) is 0 Å². The van der Waals surface area contributed by atoms with Gasteiger partial charge in [-0.15, -0.1) is 10.2 Å². The zero-order valence-corrected chi connectivity index (χ0v) is 20.6. The summed E-state index contributed by atoms with van der Waals surface area (Å²) in [5.74, 6) is 1.96. The number of aryl methyl sites for hydroxylation is 1. The number of carbonyl (C=O) groups is 1. The minimum atomic E-state index is -0.300. The van der Waals surface area contributed by atoms with E-state index in [2.05, 4.69) is 44.3 Å². The van der Waals surface area contributed by atoms with E-state index in [1.165, 1.54) is 24.8 Å². The van der Waals surface area contributed by atoms with E-state index in [1.54, 1.807) is 0 Å². The van der Waals surface area contributed by atoms with E-state index in [-0.39, 0.29) is 30.0 Å². The first-order chi connectivity index (χ1) is 17.6. The van der Waals surface area contributed by atoms with Crippen LogP contribution in [-0.4, -0.2) is 63.7 Å². The zero-order valence-electron chi connectivity index (χ0n) is 20.6. The Hall–Kier alpha value is -3.52. The molecule has 188 valence electrons. The second kappa shape index (κ2) is 11.5. The molecular formula is C28H33N5O3. The van der Waals surface area contributed by atoms with E-state index in [0.717, 1.165) is 37.6 Å². The van der Waals surface area contributed by atoms with Crippen LogP contribution in [0.5, 0.6) is 5.75 Å². The highest BCUT2D eigenvalue weighted by molar-refractivity contribution is 5.76. The van der Waals surface area contributed by atoms with Crippen LogP contribution < -0.4 is 10.3 Å². The van der Waals surface area contributed by atoms with Crippen molar-refractivity contribution < 1.29 is 9.53 Å². The van der Waals surface area contributed by atoms with Gasteiger partial charge in [-0.05, 0) is 48.6 Å². The van der Waals surface area contributed by atoms with E-state index in [4.69, 9.17) is 4.74 Å². The summed E-state index contributed by atoms with van der Waals surface area (Å²) < 4.78 is 5.83. The van der Waals surface area contributed by atoms with Crippen molar-refractivity contribution in [3.05, 3.63) is 76.2 Å². The molecule has 1 amide bonds. The normalized spacial score (nSPS) is 16.5. The first-order valence-corrected chi connectivity index (χ1v) is 12.9. The predicted molar refractivity (Wildman–Crippen MR) is 138 cm³/mol. The summed E-state index contributed by atoms with van der Waals surface area (Å²) in [6.45, 7) is 4.75. The number of aromatic amines is 1. The van der Waals surface area contributed by atoms with Gasteiger partial charge in [-0.2, -0.15) is 0 Å². The maximum atomic E-state index is 12.7. The third kappa shape index (κ3) is 6.18. The van der Waals surface area contributed by atoms with Crippen LogP contribution in [0.15, 0.2) is 59.4 Å². The summed E-state index contributed by atoms with van der Waals surface area (Å²) >= 11 is 0. The van der Waals surface area contributed by atoms with Crippen molar-refractivity contribution >= 4 is 5.91 Å². The molecule has 1 aromatic heterocycles. The molecule has 1 aliphatic heterocycles. The summed E-state index contributed by atoms with van der Waals surface area (Å²) in [6, 6.07) is 17.9. The molecule has 5 rings (SSSR count). The van der Waals surface area contributed by atoms with Crippen molar-refractivity contribution in [1.82, 2.24) is 25.0 Å². The first kappa shape index (κ1) is 24.2. The fourth-order valence-corrected chi connectivity index (χ4v) is 4.62. The molecule has 2 heterocycles. The van der Waals surface area contributed by atoms with Crippen LogP contribution in [0.1, 0.15) is 36.9 Å². The number of carbonyl (C=O) groups excluding carboxylic acids is 1. The average Bonchev–Trinajstić information content (AvgIpc) is 2.88. The Morgan fingerprint density at radius 3 is 2.39 bits per heavy atom. The van der Waals surface area contributed by atoms with Gasteiger partial charge in [-0.25, -0.2) is 0 Å². The van der Waals surface area contributed by atoms with Gasteiger partial charge in [0.15, 0.2) is 5.82 Å². The van der Waals surface area contributed by atoms with Gasteiger partial charge in [-0.3, -0.25) is 14.5 Å². The molecule has 1 saturated heterocycles. The van der Waals surface area contributed by atoms with Crippen LogP contribution in [0.2, 0.25) is 0 Å². The Labute approximate surface area is 211 Å². The van der Waals surface area contributed by atoms with Gasteiger partial charge < -0.3 is 14.6 Å². The van der Waals surface area contributed by atoms with Crippen LogP contribution in [-0.2, 0) is 17.8 Å². The van der Waals surface area contributed by atoms with Crippen molar-refractivity contribution in [3.8, 4) is 17.1 Å². The number of rotatable bonds is 9. The number of benzene rings is 2. The molecule has 3 aromatic rings. The Kier molecular flexibility index (Phi) is 7.71. The number of hydrogen-bond donors (Lipinski definition) is 1. The summed E-state index contributed by atoms with van der Waals surface area (Å²) in [4.78, 5) is 32.4. The van der Waals surface area contributed by atoms with Gasteiger partial charge in [0.2, 0.25) is 5.91 Å². The standard InChI is InChI=1S/C28H33N5O3/c34-26(33-17-15-32(16-18-33)19-21-5-2-1-3-6-21)14-13-25-28(35)29-27(31-30-25)23-9-11-24(12-10-23)36-20-22-7-4-8-22/h1-3,5-6,9-12,22H,4,7-8,13-20H2,(H,29,31,35). The van der Waals surface area contributed by atoms with E-state index in [1.807, 2.05) is 35.2 Å². The molecule has 0 radical (unpaired) electrons. The number of hydrogen-bond acceptors (Lipinski definition) is 6. The lowest BCUT2D eigenvalue weighted by Crippen LogP contribution is -2.48. The number of nitrogens with one attached hydrogen (secondary N) is 1. The maximum absolute atomic E-state index is 12.7. The Balaban J connectivity index is 1.09. The summed E-state index contributed by atoms with van der Waals surface area (Å²) in [5.41, 5.74) is 2.04. The minimum Gasteiger partial charge on any atom is -0.493 e. The van der Waals surface area contributed by atoms with Crippen LogP contribution >= 0.6 is 0 Å². The lowest BCUT2D eigenvalue weighted by atomic mass is 9.86. The molecular weight excluding hydrogens is 454 g/mol. The molecule has 2 fully saturated rings. The summed E-state index contributed by atoms with van der Waals surface area (Å²) in [7, 11) is 0. The number of H-pyrrole nitrogens is 1. The van der Waals surface area contributed by atoms with Gasteiger partial charge in [-0.1, -0.05) is 36.8 Å². The number of ether oxygens (including phenoxy) is 1. The smallest absolute Gasteiger partial charge is 0.273 e. The molecule has 0 spiro atoms. The Morgan fingerprint density at radius 2 is 1.72 bits per heavy atom. The Morgan fingerprint density at radius 1 is 0.972 bits per heavy atom. The van der Waals surface area contributed by atoms with Crippen molar-refractivity contribution in [2.75, 3.05) is 32.8 Å². The highest BCUT2D eigenvalue weighted by Gasteiger charge is 2.22. The van der Waals surface area contributed by atoms with Gasteiger partial charge >= 0.3 is 0 Å². The van der Waals surface area contributed by atoms with Crippen LogP contribution in [0, 0.1) is 5.92 Å². The quantitative estimate of drug-likeness (QED) is 0.498. The number of amides is 1. The molecule has 0 atom stereocenters. The number of nitrogens with zero attached hydrogens (tertiary/aromatic N) is 4. The van der Waals surface area contributed by atoms with Crippen molar-refractivity contribution in [3.63, 3.8) is 0 Å². The molecule has 8 heteroatoms. The zero-order chi connectivity index (χ0) is 24.7. The topological polar surface area (TPSA) is 91.4 Å². The summed E-state index contributed by atoms with van der Waals surface area (Å²) in [5, 5.41) is 8.33. The van der Waals surface area contributed by atoms with Crippen LogP contribution in [0.25, 0.3) is 11.4 Å². The SMILES string of the molecule is O=C(CCc1nnc(-c2ccc(OCC3CCC3)cc2)[nH]c1=O)N1CCN(Cc2ccccc2)CC1. The van der Waals surface area contributed by atoms with Crippen LogP contribution in [0.3, 0.4) is 0 Å². The fourth-order valence-electron chi connectivity index (χ4n) is 4.62. The predicted octanol–water partition coefficient (Wildman–Crippen LogP) is 3.29. The highest BCUT2D eigenvalue weighted by Crippen LogP contribution is 2.27. The molecule has 1 aliphatic carbocycles. The monoisotopic (exact) mass is 487 g/mol. The third-order valence-corrected chi connectivity index (χ3v) is 7.15. The van der Waals surface area contributed by atoms with E-state index in [0.29, 0.717) is 24.8 Å². The molecule has 0 unspecified atom stereocenters. The van der Waals surface area contributed by atoms with Gasteiger partial charge in [0.1, 0.15) is 11.4 Å². The summed E-state index contributed by atoms with van der Waals surface area (Å²) in [6.07, 6.45) is 4.33. The lowest BCUT2D eigenvalue weighted by Gasteiger charge is -2.34. The number of piperazine rings is 1. The first-order valence-electron chi connectivity index (χ1n) is 12.9. The molecule has 36 heavy (non-hydrogen) atoms. The third-order valence-electron chi connectivity index (χ3n) is 7.15. The molecule has 1 saturated carbocycles. The number of aromatic nitrogens is 3. The molecule has 2 aliphatic rings. The Bertz CT molecular complexity index is 1200. The second-order valence-corrected chi connectivity index (χ2v) is 9.72. The highest BCUT2D eigenvalue weighted by atomic mass is 16.5. The average molecular weight is 488 g/mol. The van der Waals surface area contributed by atoms with Gasteiger partial charge in [0.05, 0.1) is 6.61 Å².